The summed E-state index contributed by atoms with van der Waals surface area (Å²) >= 11 is 6.17. The summed E-state index contributed by atoms with van der Waals surface area (Å²) in [5.74, 6) is -0.455. The Morgan fingerprint density at radius 1 is 1.07 bits per heavy atom. The molecule has 1 amide bonds. The zero-order valence-corrected chi connectivity index (χ0v) is 16.7. The number of nitrogens with one attached hydrogen (secondary N) is 1. The van der Waals surface area contributed by atoms with Crippen LogP contribution in [0.2, 0.25) is 5.02 Å². The molecule has 0 aliphatic carbocycles. The summed E-state index contributed by atoms with van der Waals surface area (Å²) in [7, 11) is -3.71. The number of sulfonamides is 1. The number of ether oxygens (including phenoxy) is 1. The van der Waals surface area contributed by atoms with E-state index in [1.165, 1.54) is 22.5 Å². The fourth-order valence-electron chi connectivity index (χ4n) is 3.02. The monoisotopic (exact) mass is 408 g/mol. The average molecular weight is 409 g/mol. The number of amides is 1. The Balaban J connectivity index is 1.89. The molecule has 2 aromatic rings. The molecule has 8 heteroatoms. The Labute approximate surface area is 164 Å². The Hall–Kier alpha value is -1.93. The predicted molar refractivity (Wildman–Crippen MR) is 105 cm³/mol. The van der Waals surface area contributed by atoms with E-state index in [2.05, 4.69) is 5.32 Å². The third kappa shape index (κ3) is 4.50. The number of rotatable bonds is 4. The quantitative estimate of drug-likeness (QED) is 0.842. The van der Waals surface area contributed by atoms with Gasteiger partial charge in [0, 0.05) is 18.8 Å². The maximum Gasteiger partial charge on any atom is 0.257 e. The molecule has 6 nitrogen and oxygen atoms in total. The molecule has 1 fully saturated rings. The molecule has 144 valence electrons. The van der Waals surface area contributed by atoms with Crippen LogP contribution >= 0.6 is 11.6 Å². The summed E-state index contributed by atoms with van der Waals surface area (Å²) in [6.45, 7) is 5.15. The average Bonchev–Trinajstić information content (AvgIpc) is 2.61. The van der Waals surface area contributed by atoms with Crippen molar-refractivity contribution < 1.29 is 17.9 Å². The third-order valence-corrected chi connectivity index (χ3v) is 6.49. The lowest BCUT2D eigenvalue weighted by molar-refractivity contribution is 0.0730. The minimum absolute atomic E-state index is 0.0411. The molecule has 0 aromatic heterocycles. The first-order valence-electron chi connectivity index (χ1n) is 8.54. The van der Waals surface area contributed by atoms with Gasteiger partial charge in [-0.25, -0.2) is 8.42 Å². The van der Waals surface area contributed by atoms with Crippen LogP contribution in [0, 0.1) is 13.8 Å². The first kappa shape index (κ1) is 19.8. The number of benzene rings is 2. The van der Waals surface area contributed by atoms with Gasteiger partial charge in [-0.05, 0) is 55.3 Å². The van der Waals surface area contributed by atoms with Crippen molar-refractivity contribution in [3.05, 3.63) is 58.1 Å². The lowest BCUT2D eigenvalue weighted by atomic mass is 10.1. The minimum atomic E-state index is -3.71. The minimum Gasteiger partial charge on any atom is -0.379 e. The summed E-state index contributed by atoms with van der Waals surface area (Å²) in [5, 5.41) is 2.98. The number of nitrogens with zero attached hydrogens (tertiary/aromatic N) is 1. The van der Waals surface area contributed by atoms with Crippen molar-refractivity contribution in [3.63, 3.8) is 0 Å². The van der Waals surface area contributed by atoms with Crippen LogP contribution in [0.25, 0.3) is 0 Å². The second-order valence-corrected chi connectivity index (χ2v) is 8.83. The van der Waals surface area contributed by atoms with Crippen molar-refractivity contribution >= 4 is 33.2 Å². The molecule has 0 bridgehead atoms. The van der Waals surface area contributed by atoms with E-state index >= 15 is 0 Å². The number of halogens is 1. The molecular weight excluding hydrogens is 388 g/mol. The van der Waals surface area contributed by atoms with E-state index in [0.717, 1.165) is 11.1 Å². The van der Waals surface area contributed by atoms with Crippen LogP contribution in [0.4, 0.5) is 5.69 Å². The van der Waals surface area contributed by atoms with Crippen molar-refractivity contribution in [1.82, 2.24) is 4.31 Å². The Bertz CT molecular complexity index is 949. The summed E-state index contributed by atoms with van der Waals surface area (Å²) < 4.78 is 32.2. The van der Waals surface area contributed by atoms with Gasteiger partial charge in [0.05, 0.1) is 28.7 Å². The van der Waals surface area contributed by atoms with Crippen molar-refractivity contribution in [1.29, 1.82) is 0 Å². The number of hydrogen-bond donors (Lipinski definition) is 1. The van der Waals surface area contributed by atoms with Gasteiger partial charge in [0.25, 0.3) is 5.91 Å². The SMILES string of the molecule is Cc1cc(C)cc(NC(=O)c2cc(S(=O)(=O)N3CCOCC3)ccc2Cl)c1. The van der Waals surface area contributed by atoms with E-state index in [-0.39, 0.29) is 28.6 Å². The first-order chi connectivity index (χ1) is 12.8. The third-order valence-electron chi connectivity index (χ3n) is 4.27. The summed E-state index contributed by atoms with van der Waals surface area (Å²) in [4.78, 5) is 12.7. The molecule has 1 heterocycles. The Kier molecular flexibility index (Phi) is 5.86. The topological polar surface area (TPSA) is 75.7 Å². The Morgan fingerprint density at radius 2 is 1.70 bits per heavy atom. The lowest BCUT2D eigenvalue weighted by Crippen LogP contribution is -2.40. The number of morpholine rings is 1. The molecule has 0 atom stereocenters. The van der Waals surface area contributed by atoms with Gasteiger partial charge in [0.1, 0.15) is 0 Å². The normalized spacial score (nSPS) is 15.5. The number of aryl methyl sites for hydroxylation is 2. The van der Waals surface area contributed by atoms with E-state index < -0.39 is 15.9 Å². The first-order valence-corrected chi connectivity index (χ1v) is 10.4. The number of anilines is 1. The zero-order valence-electron chi connectivity index (χ0n) is 15.2. The highest BCUT2D eigenvalue weighted by Gasteiger charge is 2.27. The second kappa shape index (κ2) is 7.98. The number of hydrogen-bond acceptors (Lipinski definition) is 4. The van der Waals surface area contributed by atoms with Crippen LogP contribution in [-0.2, 0) is 14.8 Å². The van der Waals surface area contributed by atoms with E-state index in [1.54, 1.807) is 0 Å². The molecule has 1 aliphatic rings. The summed E-state index contributed by atoms with van der Waals surface area (Å²) in [5.41, 5.74) is 2.78. The van der Waals surface area contributed by atoms with E-state index in [4.69, 9.17) is 16.3 Å². The smallest absolute Gasteiger partial charge is 0.257 e. The molecule has 1 saturated heterocycles. The van der Waals surface area contributed by atoms with Crippen LogP contribution in [0.15, 0.2) is 41.3 Å². The standard InChI is InChI=1S/C19H21ClN2O4S/c1-13-9-14(2)11-15(10-13)21-19(23)17-12-16(3-4-18(17)20)27(24,25)22-5-7-26-8-6-22/h3-4,9-12H,5-8H2,1-2H3,(H,21,23). The van der Waals surface area contributed by atoms with Gasteiger partial charge in [-0.1, -0.05) is 17.7 Å². The van der Waals surface area contributed by atoms with Crippen LogP contribution in [0.1, 0.15) is 21.5 Å². The van der Waals surface area contributed by atoms with Gasteiger partial charge >= 0.3 is 0 Å². The van der Waals surface area contributed by atoms with E-state index in [9.17, 15) is 13.2 Å². The highest BCUT2D eigenvalue weighted by molar-refractivity contribution is 7.89. The molecule has 27 heavy (non-hydrogen) atoms. The largest absolute Gasteiger partial charge is 0.379 e. The fourth-order valence-corrected chi connectivity index (χ4v) is 4.66. The zero-order chi connectivity index (χ0) is 19.6. The fraction of sp³-hybridized carbons (Fsp3) is 0.316. The van der Waals surface area contributed by atoms with Gasteiger partial charge in [0.2, 0.25) is 10.0 Å². The molecular formula is C19H21ClN2O4S. The highest BCUT2D eigenvalue weighted by Crippen LogP contribution is 2.25. The molecule has 1 aliphatic heterocycles. The molecule has 0 saturated carbocycles. The summed E-state index contributed by atoms with van der Waals surface area (Å²) in [6, 6.07) is 9.86. The second-order valence-electron chi connectivity index (χ2n) is 6.49. The van der Waals surface area contributed by atoms with Crippen molar-refractivity contribution in [2.24, 2.45) is 0 Å². The van der Waals surface area contributed by atoms with E-state index in [0.29, 0.717) is 18.9 Å². The molecule has 1 N–H and O–H groups in total. The highest BCUT2D eigenvalue weighted by atomic mass is 35.5. The summed E-state index contributed by atoms with van der Waals surface area (Å²) in [6.07, 6.45) is 0. The molecule has 3 rings (SSSR count). The maximum atomic E-state index is 12.8. The van der Waals surface area contributed by atoms with Crippen molar-refractivity contribution in [3.8, 4) is 0 Å². The van der Waals surface area contributed by atoms with Crippen LogP contribution in [0.5, 0.6) is 0 Å². The van der Waals surface area contributed by atoms with Crippen LogP contribution in [-0.4, -0.2) is 44.9 Å². The van der Waals surface area contributed by atoms with Gasteiger partial charge in [-0.15, -0.1) is 0 Å². The van der Waals surface area contributed by atoms with Gasteiger partial charge < -0.3 is 10.1 Å². The van der Waals surface area contributed by atoms with Gasteiger partial charge in [-0.2, -0.15) is 4.31 Å². The van der Waals surface area contributed by atoms with Crippen LogP contribution in [0.3, 0.4) is 0 Å². The number of carbonyl (C=O) groups is 1. The lowest BCUT2D eigenvalue weighted by Gasteiger charge is -2.26. The van der Waals surface area contributed by atoms with Crippen molar-refractivity contribution in [2.75, 3.05) is 31.6 Å². The Morgan fingerprint density at radius 3 is 2.33 bits per heavy atom. The molecule has 0 radical (unpaired) electrons. The van der Waals surface area contributed by atoms with Gasteiger partial charge in [0.15, 0.2) is 0 Å². The van der Waals surface area contributed by atoms with E-state index in [1.807, 2.05) is 32.0 Å². The maximum absolute atomic E-state index is 12.8. The van der Waals surface area contributed by atoms with Gasteiger partial charge in [-0.3, -0.25) is 4.79 Å². The van der Waals surface area contributed by atoms with Crippen molar-refractivity contribution in [2.45, 2.75) is 18.7 Å². The van der Waals surface area contributed by atoms with Crippen LogP contribution < -0.4 is 5.32 Å². The molecule has 0 spiro atoms. The molecule has 2 aromatic carbocycles. The number of carbonyl (C=O) groups excluding carboxylic acids is 1. The predicted octanol–water partition coefficient (Wildman–Crippen LogP) is 3.23. The molecule has 0 unspecified atom stereocenters.